The first-order valence-corrected chi connectivity index (χ1v) is 6.14. The lowest BCUT2D eigenvalue weighted by Crippen LogP contribution is -2.14. The Morgan fingerprint density at radius 1 is 1.16 bits per heavy atom. The highest BCUT2D eigenvalue weighted by molar-refractivity contribution is 6.30. The van der Waals surface area contributed by atoms with E-state index in [1.807, 2.05) is 12.1 Å². The SMILES string of the molecule is Nc1ccc2c(c1)oc(=O)n2Cc1ccc(Cl)cc1. The molecular weight excluding hydrogens is 264 g/mol. The van der Waals surface area contributed by atoms with Gasteiger partial charge in [-0.2, -0.15) is 0 Å². The Morgan fingerprint density at radius 2 is 1.89 bits per heavy atom. The maximum Gasteiger partial charge on any atom is 0.420 e. The zero-order valence-electron chi connectivity index (χ0n) is 9.97. The van der Waals surface area contributed by atoms with Gasteiger partial charge in [-0.25, -0.2) is 4.79 Å². The molecule has 0 aliphatic carbocycles. The molecule has 0 spiro atoms. The lowest BCUT2D eigenvalue weighted by atomic mass is 10.2. The van der Waals surface area contributed by atoms with Crippen molar-refractivity contribution in [3.8, 4) is 0 Å². The van der Waals surface area contributed by atoms with Crippen LogP contribution in [0.2, 0.25) is 5.02 Å². The second-order valence-electron chi connectivity index (χ2n) is 4.31. The molecule has 96 valence electrons. The van der Waals surface area contributed by atoms with E-state index in [2.05, 4.69) is 0 Å². The summed E-state index contributed by atoms with van der Waals surface area (Å²) < 4.78 is 6.74. The quantitative estimate of drug-likeness (QED) is 0.731. The van der Waals surface area contributed by atoms with Crippen LogP contribution in [0, 0.1) is 0 Å². The fourth-order valence-corrected chi connectivity index (χ4v) is 2.13. The van der Waals surface area contributed by atoms with Gasteiger partial charge in [0.05, 0.1) is 12.1 Å². The van der Waals surface area contributed by atoms with Crippen LogP contribution < -0.4 is 11.5 Å². The Hall–Kier alpha value is -2.20. The molecule has 0 aliphatic rings. The molecule has 0 aliphatic heterocycles. The maximum absolute atomic E-state index is 11.9. The summed E-state index contributed by atoms with van der Waals surface area (Å²) in [5, 5.41) is 0.668. The molecule has 0 saturated heterocycles. The number of aromatic nitrogens is 1. The van der Waals surface area contributed by atoms with Gasteiger partial charge in [0.2, 0.25) is 0 Å². The standard InChI is InChI=1S/C14H11ClN2O2/c15-10-3-1-9(2-4-10)8-17-12-6-5-11(16)7-13(12)19-14(17)18/h1-7H,8,16H2. The molecule has 0 amide bonds. The first-order chi connectivity index (χ1) is 9.13. The zero-order valence-corrected chi connectivity index (χ0v) is 10.7. The Balaban J connectivity index is 2.07. The maximum atomic E-state index is 11.9. The monoisotopic (exact) mass is 274 g/mol. The minimum absolute atomic E-state index is 0.393. The number of anilines is 1. The first-order valence-electron chi connectivity index (χ1n) is 5.77. The van der Waals surface area contributed by atoms with E-state index in [1.165, 1.54) is 0 Å². The summed E-state index contributed by atoms with van der Waals surface area (Å²) in [5.74, 6) is -0.393. The van der Waals surface area contributed by atoms with Crippen LogP contribution in [0.4, 0.5) is 5.69 Å². The number of fused-ring (bicyclic) bond motifs is 1. The molecule has 3 rings (SSSR count). The van der Waals surface area contributed by atoms with E-state index in [-0.39, 0.29) is 0 Å². The number of nitrogens with two attached hydrogens (primary N) is 1. The summed E-state index contributed by atoms with van der Waals surface area (Å²) >= 11 is 5.84. The van der Waals surface area contributed by atoms with Gasteiger partial charge in [0.1, 0.15) is 0 Å². The first kappa shape index (κ1) is 11.9. The van der Waals surface area contributed by atoms with E-state index in [4.69, 9.17) is 21.8 Å². The minimum Gasteiger partial charge on any atom is -0.408 e. The van der Waals surface area contributed by atoms with Crippen LogP contribution in [0.15, 0.2) is 51.7 Å². The van der Waals surface area contributed by atoms with Crippen LogP contribution in [0.1, 0.15) is 5.56 Å². The number of nitrogen functional groups attached to an aromatic ring is 1. The molecule has 3 aromatic rings. The highest BCUT2D eigenvalue weighted by Gasteiger charge is 2.09. The zero-order chi connectivity index (χ0) is 13.4. The highest BCUT2D eigenvalue weighted by atomic mass is 35.5. The Morgan fingerprint density at radius 3 is 2.63 bits per heavy atom. The summed E-state index contributed by atoms with van der Waals surface area (Å²) in [6, 6.07) is 12.5. The second kappa shape index (κ2) is 4.48. The van der Waals surface area contributed by atoms with Crippen LogP contribution in [-0.4, -0.2) is 4.57 Å². The van der Waals surface area contributed by atoms with E-state index in [9.17, 15) is 4.79 Å². The van der Waals surface area contributed by atoms with Crippen molar-refractivity contribution >= 4 is 28.4 Å². The van der Waals surface area contributed by atoms with Crippen molar-refractivity contribution in [1.82, 2.24) is 4.57 Å². The molecule has 1 heterocycles. The van der Waals surface area contributed by atoms with Crippen molar-refractivity contribution in [3.63, 3.8) is 0 Å². The molecule has 2 aromatic carbocycles. The number of oxazole rings is 1. The Kier molecular flexibility index (Phi) is 2.80. The average Bonchev–Trinajstić information content (AvgIpc) is 2.68. The topological polar surface area (TPSA) is 61.2 Å². The largest absolute Gasteiger partial charge is 0.420 e. The number of rotatable bonds is 2. The molecule has 0 radical (unpaired) electrons. The number of benzene rings is 2. The van der Waals surface area contributed by atoms with Crippen LogP contribution in [-0.2, 0) is 6.54 Å². The third-order valence-corrected chi connectivity index (χ3v) is 3.20. The minimum atomic E-state index is -0.393. The van der Waals surface area contributed by atoms with Crippen molar-refractivity contribution in [2.24, 2.45) is 0 Å². The van der Waals surface area contributed by atoms with E-state index in [0.29, 0.717) is 22.8 Å². The van der Waals surface area contributed by atoms with Gasteiger partial charge in [0, 0.05) is 16.8 Å². The van der Waals surface area contributed by atoms with Crippen molar-refractivity contribution < 1.29 is 4.42 Å². The number of hydrogen-bond acceptors (Lipinski definition) is 3. The van der Waals surface area contributed by atoms with Gasteiger partial charge < -0.3 is 10.2 Å². The van der Waals surface area contributed by atoms with Gasteiger partial charge in [-0.15, -0.1) is 0 Å². The summed E-state index contributed by atoms with van der Waals surface area (Å²) in [6.07, 6.45) is 0. The molecule has 0 atom stereocenters. The molecule has 0 unspecified atom stereocenters. The number of nitrogens with zero attached hydrogens (tertiary/aromatic N) is 1. The van der Waals surface area contributed by atoms with E-state index in [1.54, 1.807) is 34.9 Å². The third-order valence-electron chi connectivity index (χ3n) is 2.95. The van der Waals surface area contributed by atoms with Crippen molar-refractivity contribution in [1.29, 1.82) is 0 Å². The molecule has 0 fully saturated rings. The molecule has 1 aromatic heterocycles. The van der Waals surface area contributed by atoms with E-state index in [0.717, 1.165) is 11.1 Å². The molecule has 2 N–H and O–H groups in total. The molecular formula is C14H11ClN2O2. The predicted octanol–water partition coefficient (Wildman–Crippen LogP) is 2.88. The summed E-state index contributed by atoms with van der Waals surface area (Å²) in [6.45, 7) is 0.437. The highest BCUT2D eigenvalue weighted by Crippen LogP contribution is 2.18. The van der Waals surface area contributed by atoms with Crippen molar-refractivity contribution in [2.45, 2.75) is 6.54 Å². The van der Waals surface area contributed by atoms with E-state index < -0.39 is 5.76 Å². The van der Waals surface area contributed by atoms with Crippen LogP contribution in [0.5, 0.6) is 0 Å². The summed E-state index contributed by atoms with van der Waals surface area (Å²) in [7, 11) is 0. The second-order valence-corrected chi connectivity index (χ2v) is 4.74. The van der Waals surface area contributed by atoms with Gasteiger partial charge in [-0.05, 0) is 29.8 Å². The Labute approximate surface area is 114 Å². The van der Waals surface area contributed by atoms with Gasteiger partial charge >= 0.3 is 5.76 Å². The smallest absolute Gasteiger partial charge is 0.408 e. The molecule has 5 heteroatoms. The van der Waals surface area contributed by atoms with Gasteiger partial charge in [-0.1, -0.05) is 23.7 Å². The third kappa shape index (κ3) is 2.22. The van der Waals surface area contributed by atoms with Crippen LogP contribution in [0.25, 0.3) is 11.1 Å². The van der Waals surface area contributed by atoms with Crippen LogP contribution >= 0.6 is 11.6 Å². The number of hydrogen-bond donors (Lipinski definition) is 1. The summed E-state index contributed by atoms with van der Waals surface area (Å²) in [5.41, 5.74) is 8.44. The lowest BCUT2D eigenvalue weighted by molar-refractivity contribution is 0.518. The fourth-order valence-electron chi connectivity index (χ4n) is 2.01. The average molecular weight is 275 g/mol. The normalized spacial score (nSPS) is 11.0. The summed E-state index contributed by atoms with van der Waals surface area (Å²) in [4.78, 5) is 11.9. The Bertz CT molecular complexity index is 787. The number of halogens is 1. The fraction of sp³-hybridized carbons (Fsp3) is 0.0714. The van der Waals surface area contributed by atoms with Crippen molar-refractivity contribution in [2.75, 3.05) is 5.73 Å². The van der Waals surface area contributed by atoms with Gasteiger partial charge in [-0.3, -0.25) is 4.57 Å². The van der Waals surface area contributed by atoms with Crippen LogP contribution in [0.3, 0.4) is 0 Å². The molecule has 0 saturated carbocycles. The molecule has 4 nitrogen and oxygen atoms in total. The predicted molar refractivity (Wildman–Crippen MR) is 75.4 cm³/mol. The lowest BCUT2D eigenvalue weighted by Gasteiger charge is -2.03. The van der Waals surface area contributed by atoms with Crippen molar-refractivity contribution in [3.05, 3.63) is 63.6 Å². The molecule has 19 heavy (non-hydrogen) atoms. The van der Waals surface area contributed by atoms with Gasteiger partial charge in [0.15, 0.2) is 5.58 Å². The van der Waals surface area contributed by atoms with E-state index >= 15 is 0 Å². The van der Waals surface area contributed by atoms with Gasteiger partial charge in [0.25, 0.3) is 0 Å². The molecule has 0 bridgehead atoms.